The van der Waals surface area contributed by atoms with E-state index < -0.39 is 5.60 Å². The SMILES string of the molecule is C[C@@H]1CC=C(N2CCN(C(=O)OC(C)(C)C)CC2)S1. The van der Waals surface area contributed by atoms with Crippen molar-refractivity contribution in [3.63, 3.8) is 0 Å². The average Bonchev–Trinajstić information content (AvgIpc) is 2.74. The Morgan fingerprint density at radius 2 is 1.95 bits per heavy atom. The lowest BCUT2D eigenvalue weighted by Crippen LogP contribution is -2.49. The summed E-state index contributed by atoms with van der Waals surface area (Å²) in [6.45, 7) is 11.3. The van der Waals surface area contributed by atoms with Crippen LogP contribution in [0.3, 0.4) is 0 Å². The lowest BCUT2D eigenvalue weighted by Gasteiger charge is -2.37. The number of ether oxygens (including phenoxy) is 1. The first-order chi connectivity index (χ1) is 8.85. The quantitative estimate of drug-likeness (QED) is 0.741. The lowest BCUT2D eigenvalue weighted by molar-refractivity contribution is 0.0174. The van der Waals surface area contributed by atoms with Crippen LogP contribution in [-0.2, 0) is 4.74 Å². The van der Waals surface area contributed by atoms with E-state index in [0.29, 0.717) is 5.25 Å². The van der Waals surface area contributed by atoms with E-state index in [1.807, 2.05) is 37.4 Å². The molecule has 0 spiro atoms. The molecule has 0 saturated carbocycles. The molecule has 1 amide bonds. The molecule has 0 aromatic carbocycles. The fraction of sp³-hybridized carbons (Fsp3) is 0.786. The van der Waals surface area contributed by atoms with Gasteiger partial charge in [-0.25, -0.2) is 4.79 Å². The number of piperazine rings is 1. The molecule has 4 nitrogen and oxygen atoms in total. The highest BCUT2D eigenvalue weighted by atomic mass is 32.2. The number of allylic oxidation sites excluding steroid dienone is 1. The van der Waals surface area contributed by atoms with Crippen molar-refractivity contribution in [2.75, 3.05) is 26.2 Å². The predicted molar refractivity (Wildman–Crippen MR) is 79.1 cm³/mol. The molecule has 0 aromatic heterocycles. The molecule has 0 aliphatic carbocycles. The van der Waals surface area contributed by atoms with E-state index in [1.165, 1.54) is 5.03 Å². The van der Waals surface area contributed by atoms with Crippen LogP contribution in [-0.4, -0.2) is 52.9 Å². The Bertz CT molecular complexity index is 368. The van der Waals surface area contributed by atoms with E-state index in [9.17, 15) is 4.79 Å². The lowest BCUT2D eigenvalue weighted by atomic mass is 10.2. The van der Waals surface area contributed by atoms with Crippen LogP contribution in [0.4, 0.5) is 4.79 Å². The summed E-state index contributed by atoms with van der Waals surface area (Å²) in [6, 6.07) is 0. The van der Waals surface area contributed by atoms with Crippen molar-refractivity contribution in [3.05, 3.63) is 11.1 Å². The molecule has 0 radical (unpaired) electrons. The number of carbonyl (C=O) groups excluding carboxylic acids is 1. The van der Waals surface area contributed by atoms with E-state index >= 15 is 0 Å². The molecule has 19 heavy (non-hydrogen) atoms. The number of rotatable bonds is 1. The van der Waals surface area contributed by atoms with Gasteiger partial charge in [0.2, 0.25) is 0 Å². The third kappa shape index (κ3) is 4.06. The Labute approximate surface area is 120 Å². The molecule has 1 atom stereocenters. The van der Waals surface area contributed by atoms with Crippen LogP contribution in [0.1, 0.15) is 34.1 Å². The van der Waals surface area contributed by atoms with Gasteiger partial charge in [-0.1, -0.05) is 13.0 Å². The average molecular weight is 284 g/mol. The molecule has 0 N–H and O–H groups in total. The Morgan fingerprint density at radius 1 is 1.32 bits per heavy atom. The highest BCUT2D eigenvalue weighted by Gasteiger charge is 2.28. The number of hydrogen-bond donors (Lipinski definition) is 0. The van der Waals surface area contributed by atoms with Gasteiger partial charge >= 0.3 is 6.09 Å². The van der Waals surface area contributed by atoms with Gasteiger partial charge in [0.15, 0.2) is 0 Å². The number of hydrogen-bond acceptors (Lipinski definition) is 4. The van der Waals surface area contributed by atoms with Crippen LogP contribution in [0.15, 0.2) is 11.1 Å². The van der Waals surface area contributed by atoms with Crippen molar-refractivity contribution in [2.24, 2.45) is 0 Å². The summed E-state index contributed by atoms with van der Waals surface area (Å²) in [7, 11) is 0. The summed E-state index contributed by atoms with van der Waals surface area (Å²) in [6.07, 6.45) is 3.29. The summed E-state index contributed by atoms with van der Waals surface area (Å²) >= 11 is 1.94. The maximum atomic E-state index is 12.0. The van der Waals surface area contributed by atoms with Crippen LogP contribution < -0.4 is 0 Å². The minimum absolute atomic E-state index is 0.187. The van der Waals surface area contributed by atoms with Crippen molar-refractivity contribution in [3.8, 4) is 0 Å². The van der Waals surface area contributed by atoms with Gasteiger partial charge in [-0.3, -0.25) is 0 Å². The molecule has 2 heterocycles. The largest absolute Gasteiger partial charge is 0.444 e. The standard InChI is InChI=1S/C14H24N2O2S/c1-11-5-6-12(19-11)15-7-9-16(10-8-15)13(17)18-14(2,3)4/h6,11H,5,7-10H2,1-4H3/t11-/m1/s1. The van der Waals surface area contributed by atoms with E-state index in [-0.39, 0.29) is 6.09 Å². The Morgan fingerprint density at radius 3 is 2.42 bits per heavy atom. The van der Waals surface area contributed by atoms with Gasteiger partial charge in [0.1, 0.15) is 5.60 Å². The van der Waals surface area contributed by atoms with Crippen molar-refractivity contribution in [1.82, 2.24) is 9.80 Å². The topological polar surface area (TPSA) is 32.8 Å². The third-order valence-electron chi connectivity index (χ3n) is 3.19. The normalized spacial score (nSPS) is 24.4. The number of thioether (sulfide) groups is 1. The van der Waals surface area contributed by atoms with Crippen LogP contribution in [0.5, 0.6) is 0 Å². The van der Waals surface area contributed by atoms with Gasteiger partial charge in [0, 0.05) is 31.4 Å². The summed E-state index contributed by atoms with van der Waals surface area (Å²) in [5.41, 5.74) is -0.409. The van der Waals surface area contributed by atoms with Crippen molar-refractivity contribution in [1.29, 1.82) is 0 Å². The molecule has 0 bridgehead atoms. The van der Waals surface area contributed by atoms with Crippen molar-refractivity contribution < 1.29 is 9.53 Å². The zero-order chi connectivity index (χ0) is 14.0. The van der Waals surface area contributed by atoms with Crippen molar-refractivity contribution >= 4 is 17.9 Å². The summed E-state index contributed by atoms with van der Waals surface area (Å²) < 4.78 is 5.40. The Hall–Kier alpha value is -0.840. The molecule has 1 saturated heterocycles. The molecule has 1 fully saturated rings. The van der Waals surface area contributed by atoms with Crippen LogP contribution in [0, 0.1) is 0 Å². The van der Waals surface area contributed by atoms with E-state index in [1.54, 1.807) is 0 Å². The second kappa shape index (κ2) is 5.65. The second-order valence-electron chi connectivity index (χ2n) is 6.16. The third-order valence-corrected chi connectivity index (χ3v) is 4.45. The highest BCUT2D eigenvalue weighted by molar-refractivity contribution is 8.03. The first kappa shape index (κ1) is 14.6. The van der Waals surface area contributed by atoms with Crippen LogP contribution in [0.25, 0.3) is 0 Å². The molecule has 2 aliphatic rings. The molecule has 0 unspecified atom stereocenters. The molecule has 2 rings (SSSR count). The summed E-state index contributed by atoms with van der Waals surface area (Å²) in [4.78, 5) is 16.2. The fourth-order valence-corrected chi connectivity index (χ4v) is 3.34. The Kier molecular flexibility index (Phi) is 4.33. The van der Waals surface area contributed by atoms with Gasteiger partial charge in [-0.15, -0.1) is 11.8 Å². The van der Waals surface area contributed by atoms with Gasteiger partial charge in [0.25, 0.3) is 0 Å². The summed E-state index contributed by atoms with van der Waals surface area (Å²) in [5, 5.41) is 2.08. The summed E-state index contributed by atoms with van der Waals surface area (Å²) in [5.74, 6) is 0. The van der Waals surface area contributed by atoms with Gasteiger partial charge in [-0.2, -0.15) is 0 Å². The predicted octanol–water partition coefficient (Wildman–Crippen LogP) is 2.91. The minimum atomic E-state index is -0.409. The zero-order valence-corrected chi connectivity index (χ0v) is 13.1. The first-order valence-electron chi connectivity index (χ1n) is 6.95. The molecular weight excluding hydrogens is 260 g/mol. The van der Waals surface area contributed by atoms with E-state index in [4.69, 9.17) is 4.74 Å². The second-order valence-corrected chi connectivity index (χ2v) is 7.62. The van der Waals surface area contributed by atoms with Crippen molar-refractivity contribution in [2.45, 2.75) is 45.0 Å². The first-order valence-corrected chi connectivity index (χ1v) is 7.83. The monoisotopic (exact) mass is 284 g/mol. The molecule has 2 aliphatic heterocycles. The fourth-order valence-electron chi connectivity index (χ4n) is 2.21. The molecule has 0 aromatic rings. The highest BCUT2D eigenvalue weighted by Crippen LogP contribution is 2.34. The number of amides is 1. The van der Waals surface area contributed by atoms with Gasteiger partial charge < -0.3 is 14.5 Å². The number of carbonyl (C=O) groups is 1. The van der Waals surface area contributed by atoms with E-state index in [0.717, 1.165) is 32.6 Å². The minimum Gasteiger partial charge on any atom is -0.444 e. The van der Waals surface area contributed by atoms with Crippen LogP contribution in [0.2, 0.25) is 0 Å². The van der Waals surface area contributed by atoms with E-state index in [2.05, 4.69) is 17.9 Å². The van der Waals surface area contributed by atoms with Gasteiger partial charge in [-0.05, 0) is 27.2 Å². The molecule has 108 valence electrons. The molecular formula is C14H24N2O2S. The maximum absolute atomic E-state index is 12.0. The zero-order valence-electron chi connectivity index (χ0n) is 12.3. The maximum Gasteiger partial charge on any atom is 0.410 e. The number of nitrogens with zero attached hydrogens (tertiary/aromatic N) is 2. The van der Waals surface area contributed by atoms with Crippen LogP contribution >= 0.6 is 11.8 Å². The molecule has 5 heteroatoms. The van der Waals surface area contributed by atoms with Gasteiger partial charge in [0.05, 0.1) is 5.03 Å². The smallest absolute Gasteiger partial charge is 0.410 e. The Balaban J connectivity index is 1.81.